The molecule has 0 atom stereocenters. The van der Waals surface area contributed by atoms with Gasteiger partial charge in [-0.2, -0.15) is 0 Å². The highest BCUT2D eigenvalue weighted by Crippen LogP contribution is 2.37. The minimum absolute atomic E-state index is 0.137. The number of hydrogen-bond donors (Lipinski definition) is 4. The average Bonchev–Trinajstić information content (AvgIpc) is 2.69. The Bertz CT molecular complexity index is 1070. The van der Waals surface area contributed by atoms with E-state index < -0.39 is 70.6 Å². The minimum Gasteiger partial charge on any atom is -0.379 e. The van der Waals surface area contributed by atoms with Crippen molar-refractivity contribution >= 4 is 31.5 Å². The first-order valence-corrected chi connectivity index (χ1v) is 14.1. The van der Waals surface area contributed by atoms with Crippen LogP contribution in [0.15, 0.2) is 9.79 Å². The van der Waals surface area contributed by atoms with Gasteiger partial charge in [0.05, 0.1) is 11.4 Å². The number of amides is 1. The highest BCUT2D eigenvalue weighted by Gasteiger charge is 2.35. The summed E-state index contributed by atoms with van der Waals surface area (Å²) in [7, 11) is -9.21. The normalized spacial score (nSPS) is 16.2. The van der Waals surface area contributed by atoms with Crippen LogP contribution in [0.25, 0.3) is 0 Å². The Balaban J connectivity index is 2.56. The van der Waals surface area contributed by atoms with Crippen molar-refractivity contribution in [3.05, 3.63) is 17.2 Å². The number of sulfonamides is 1. The first kappa shape index (κ1) is 27.4. The number of hydrogen-bond acceptors (Lipinski definition) is 7. The zero-order chi connectivity index (χ0) is 24.8. The molecule has 1 aliphatic rings. The van der Waals surface area contributed by atoms with Crippen molar-refractivity contribution in [3.8, 4) is 0 Å². The summed E-state index contributed by atoms with van der Waals surface area (Å²) in [6, 6.07) is -0.378. The highest BCUT2D eigenvalue weighted by molar-refractivity contribution is 7.91. The molecule has 9 nitrogen and oxygen atoms in total. The number of anilines is 1. The van der Waals surface area contributed by atoms with Crippen molar-refractivity contribution in [2.45, 2.75) is 74.1 Å². The summed E-state index contributed by atoms with van der Waals surface area (Å²) in [4.78, 5) is 9.77. The van der Waals surface area contributed by atoms with E-state index in [1.807, 2.05) is 0 Å². The van der Waals surface area contributed by atoms with Crippen LogP contribution < -0.4 is 21.5 Å². The summed E-state index contributed by atoms with van der Waals surface area (Å²) < 4.78 is 80.8. The lowest BCUT2D eigenvalue weighted by atomic mass is 9.96. The molecule has 1 aromatic rings. The van der Waals surface area contributed by atoms with Crippen LogP contribution in [0.4, 0.5) is 14.5 Å². The Morgan fingerprint density at radius 2 is 1.58 bits per heavy atom. The first-order chi connectivity index (χ1) is 15.4. The second-order valence-electron chi connectivity index (χ2n) is 8.23. The summed E-state index contributed by atoms with van der Waals surface area (Å²) >= 11 is 0. The minimum atomic E-state index is -4.69. The third-order valence-electron chi connectivity index (χ3n) is 5.63. The van der Waals surface area contributed by atoms with Gasteiger partial charge >= 0.3 is 0 Å². The molecular weight excluding hydrogens is 478 g/mol. The summed E-state index contributed by atoms with van der Waals surface area (Å²) in [5.41, 5.74) is 3.80. The number of benzene rings is 1. The maximum Gasteiger partial charge on any atom is 0.241 e. The standard InChI is InChI=1S/C20H32F2N4O5S2/c1-13-16(21)20(32(28,29)12-9-15(27)25-11-10-23)18(17(22)19(13)33(24,30)31)26-14-7-5-3-2-4-6-8-14/h14,26H,2-12,23H2,1H3,(H,25,27)(H2,24,30,31). The van der Waals surface area contributed by atoms with Crippen LogP contribution in [0.1, 0.15) is 56.9 Å². The molecule has 0 bridgehead atoms. The van der Waals surface area contributed by atoms with Crippen molar-refractivity contribution in [2.24, 2.45) is 10.9 Å². The summed E-state index contributed by atoms with van der Waals surface area (Å²) in [6.45, 7) is 1.24. The topological polar surface area (TPSA) is 161 Å². The fourth-order valence-corrected chi connectivity index (χ4v) is 6.36. The predicted molar refractivity (Wildman–Crippen MR) is 121 cm³/mol. The Hall–Kier alpha value is -1.83. The van der Waals surface area contributed by atoms with Crippen molar-refractivity contribution < 1.29 is 30.4 Å². The zero-order valence-corrected chi connectivity index (χ0v) is 20.3. The van der Waals surface area contributed by atoms with Gasteiger partial charge in [0.1, 0.15) is 15.6 Å². The predicted octanol–water partition coefficient (Wildman–Crippen LogP) is 1.68. The first-order valence-electron chi connectivity index (χ1n) is 10.9. The monoisotopic (exact) mass is 510 g/mol. The fourth-order valence-electron chi connectivity index (χ4n) is 3.95. The second-order valence-corrected chi connectivity index (χ2v) is 11.8. The molecule has 0 unspecified atom stereocenters. The van der Waals surface area contributed by atoms with E-state index in [9.17, 15) is 21.6 Å². The maximum absolute atomic E-state index is 15.5. The molecule has 33 heavy (non-hydrogen) atoms. The number of primary sulfonamides is 1. The molecule has 1 saturated carbocycles. The average molecular weight is 511 g/mol. The van der Waals surface area contributed by atoms with E-state index in [4.69, 9.17) is 10.9 Å². The van der Waals surface area contributed by atoms with Gasteiger partial charge in [-0.25, -0.2) is 30.8 Å². The number of rotatable bonds is 9. The summed E-state index contributed by atoms with van der Waals surface area (Å²) in [5.74, 6) is -4.26. The molecule has 1 aromatic carbocycles. The smallest absolute Gasteiger partial charge is 0.241 e. The molecule has 0 aromatic heterocycles. The molecule has 188 valence electrons. The van der Waals surface area contributed by atoms with Crippen LogP contribution in [0.2, 0.25) is 0 Å². The van der Waals surface area contributed by atoms with Gasteiger partial charge in [-0.05, 0) is 19.8 Å². The number of carbonyl (C=O) groups is 1. The summed E-state index contributed by atoms with van der Waals surface area (Å²) in [5, 5.41) is 10.3. The third kappa shape index (κ3) is 7.08. The number of sulfone groups is 1. The number of halogens is 2. The Morgan fingerprint density at radius 3 is 2.12 bits per heavy atom. The molecule has 0 heterocycles. The Kier molecular flexibility index (Phi) is 9.58. The molecule has 0 spiro atoms. The van der Waals surface area contributed by atoms with Gasteiger partial charge in [0.25, 0.3) is 0 Å². The van der Waals surface area contributed by atoms with Crippen LogP contribution in [0.5, 0.6) is 0 Å². The molecule has 0 radical (unpaired) electrons. The Morgan fingerprint density at radius 1 is 1.00 bits per heavy atom. The molecule has 1 fully saturated rings. The Labute approximate surface area is 193 Å². The van der Waals surface area contributed by atoms with Crippen LogP contribution in [-0.4, -0.2) is 47.6 Å². The summed E-state index contributed by atoms with van der Waals surface area (Å²) in [6.07, 6.45) is 5.24. The highest BCUT2D eigenvalue weighted by atomic mass is 32.2. The van der Waals surface area contributed by atoms with E-state index in [0.717, 1.165) is 39.0 Å². The third-order valence-corrected chi connectivity index (χ3v) is 8.43. The molecular formula is C20H32F2N4O5S2. The quantitative estimate of drug-likeness (QED) is 0.393. The van der Waals surface area contributed by atoms with Gasteiger partial charge in [0, 0.05) is 31.1 Å². The molecule has 0 aliphatic heterocycles. The van der Waals surface area contributed by atoms with Crippen molar-refractivity contribution in [1.82, 2.24) is 5.32 Å². The molecule has 1 aliphatic carbocycles. The lowest BCUT2D eigenvalue weighted by Gasteiger charge is -2.25. The molecule has 2 rings (SSSR count). The van der Waals surface area contributed by atoms with E-state index >= 15 is 8.78 Å². The zero-order valence-electron chi connectivity index (χ0n) is 18.6. The van der Waals surface area contributed by atoms with Gasteiger partial charge in [0.15, 0.2) is 15.7 Å². The van der Waals surface area contributed by atoms with Crippen LogP contribution in [-0.2, 0) is 24.7 Å². The van der Waals surface area contributed by atoms with E-state index in [2.05, 4.69) is 10.6 Å². The van der Waals surface area contributed by atoms with Gasteiger partial charge in [-0.15, -0.1) is 0 Å². The fraction of sp³-hybridized carbons (Fsp3) is 0.650. The lowest BCUT2D eigenvalue weighted by Crippen LogP contribution is -2.31. The maximum atomic E-state index is 15.5. The van der Waals surface area contributed by atoms with E-state index in [-0.39, 0.29) is 19.1 Å². The van der Waals surface area contributed by atoms with Gasteiger partial charge < -0.3 is 16.4 Å². The largest absolute Gasteiger partial charge is 0.379 e. The second kappa shape index (κ2) is 11.5. The van der Waals surface area contributed by atoms with Gasteiger partial charge in [-0.1, -0.05) is 32.1 Å². The lowest BCUT2D eigenvalue weighted by molar-refractivity contribution is -0.120. The van der Waals surface area contributed by atoms with Gasteiger partial charge in [-0.3, -0.25) is 4.79 Å². The van der Waals surface area contributed by atoms with Crippen molar-refractivity contribution in [3.63, 3.8) is 0 Å². The SMILES string of the molecule is Cc1c(F)c(S(=O)(=O)CCC(=O)NCCN)c(NC2CCCCCCC2)c(F)c1S(N)(=O)=O. The van der Waals surface area contributed by atoms with E-state index in [1.165, 1.54) is 0 Å². The molecule has 0 saturated heterocycles. The van der Waals surface area contributed by atoms with Crippen LogP contribution in [0.3, 0.4) is 0 Å². The van der Waals surface area contributed by atoms with Crippen molar-refractivity contribution in [2.75, 3.05) is 24.2 Å². The molecule has 6 N–H and O–H groups in total. The van der Waals surface area contributed by atoms with Crippen LogP contribution in [0, 0.1) is 18.6 Å². The number of carbonyl (C=O) groups excluding carboxylic acids is 1. The number of nitrogens with two attached hydrogens (primary N) is 2. The number of nitrogens with one attached hydrogen (secondary N) is 2. The van der Waals surface area contributed by atoms with Crippen molar-refractivity contribution in [1.29, 1.82) is 0 Å². The van der Waals surface area contributed by atoms with E-state index in [1.54, 1.807) is 0 Å². The van der Waals surface area contributed by atoms with Gasteiger partial charge in [0.2, 0.25) is 15.9 Å². The van der Waals surface area contributed by atoms with Crippen LogP contribution >= 0.6 is 0 Å². The molecule has 1 amide bonds. The van der Waals surface area contributed by atoms with E-state index in [0.29, 0.717) is 12.8 Å². The molecule has 13 heteroatoms.